The van der Waals surface area contributed by atoms with Gasteiger partial charge in [-0.3, -0.25) is 4.79 Å². The number of aromatic nitrogens is 1. The monoisotopic (exact) mass is 390 g/mol. The Morgan fingerprint density at radius 2 is 2.04 bits per heavy atom. The molecule has 27 heavy (non-hydrogen) atoms. The molecule has 3 N–H and O–H groups in total. The van der Waals surface area contributed by atoms with Gasteiger partial charge in [-0.15, -0.1) is 0 Å². The molecule has 0 bridgehead atoms. The Hall–Kier alpha value is -3.06. The molecule has 0 saturated carbocycles. The molecule has 0 unspecified atom stereocenters. The lowest BCUT2D eigenvalue weighted by atomic mass is 10.0. The molecule has 0 saturated heterocycles. The minimum atomic E-state index is -1.17. The lowest BCUT2D eigenvalue weighted by molar-refractivity contribution is 0.191. The fraction of sp³-hybridized carbons (Fsp3) is 0.158. The number of ether oxygens (including phenoxy) is 1. The number of hydrogen-bond donors (Lipinski definition) is 3. The highest BCUT2D eigenvalue weighted by atomic mass is 35.5. The first-order valence-corrected chi connectivity index (χ1v) is 8.46. The van der Waals surface area contributed by atoms with Crippen LogP contribution in [-0.2, 0) is 0 Å². The Morgan fingerprint density at radius 3 is 2.74 bits per heavy atom. The molecule has 0 atom stereocenters. The first-order valence-electron chi connectivity index (χ1n) is 8.08. The number of benzene rings is 2. The van der Waals surface area contributed by atoms with Gasteiger partial charge in [-0.05, 0) is 42.8 Å². The molecule has 0 radical (unpaired) electrons. The average Bonchev–Trinajstić information content (AvgIpc) is 2.62. The van der Waals surface area contributed by atoms with E-state index in [-0.39, 0.29) is 18.5 Å². The van der Waals surface area contributed by atoms with E-state index in [2.05, 4.69) is 10.3 Å². The third-order valence-electron chi connectivity index (χ3n) is 4.01. The number of pyridine rings is 1. The number of rotatable bonds is 5. The number of halogens is 2. The molecule has 0 aliphatic heterocycles. The Kier molecular flexibility index (Phi) is 5.32. The number of nitrogens with one attached hydrogen (secondary N) is 2. The molecule has 6 nitrogen and oxygen atoms in total. The maximum absolute atomic E-state index is 13.6. The zero-order valence-electron chi connectivity index (χ0n) is 14.3. The molecular weight excluding hydrogens is 375 g/mol. The maximum atomic E-state index is 13.6. The minimum Gasteiger partial charge on any atom is -0.489 e. The molecular formula is C19H16ClFN2O4. The van der Waals surface area contributed by atoms with Gasteiger partial charge in [0.2, 0.25) is 0 Å². The minimum absolute atomic E-state index is 0.0321. The molecule has 2 aromatic carbocycles. The van der Waals surface area contributed by atoms with Crippen molar-refractivity contribution in [1.29, 1.82) is 0 Å². The van der Waals surface area contributed by atoms with Crippen LogP contribution in [0.3, 0.4) is 0 Å². The van der Waals surface area contributed by atoms with Crippen LogP contribution in [0.25, 0.3) is 22.0 Å². The molecule has 1 aromatic heterocycles. The summed E-state index contributed by atoms with van der Waals surface area (Å²) in [5, 5.41) is 12.0. The number of H-pyrrole nitrogens is 1. The molecule has 0 aliphatic rings. The third-order valence-corrected chi connectivity index (χ3v) is 4.43. The van der Waals surface area contributed by atoms with Gasteiger partial charge in [-0.2, -0.15) is 0 Å². The fourth-order valence-electron chi connectivity index (χ4n) is 2.74. The van der Waals surface area contributed by atoms with Crippen molar-refractivity contribution < 1.29 is 19.0 Å². The summed E-state index contributed by atoms with van der Waals surface area (Å²) in [7, 11) is 0. The predicted molar refractivity (Wildman–Crippen MR) is 101 cm³/mol. The Morgan fingerprint density at radius 1 is 1.26 bits per heavy atom. The summed E-state index contributed by atoms with van der Waals surface area (Å²) < 4.78 is 19.3. The molecule has 0 spiro atoms. The lowest BCUT2D eigenvalue weighted by Gasteiger charge is -2.15. The van der Waals surface area contributed by atoms with E-state index in [0.717, 1.165) is 11.6 Å². The van der Waals surface area contributed by atoms with E-state index in [9.17, 15) is 14.0 Å². The first kappa shape index (κ1) is 18.7. The highest BCUT2D eigenvalue weighted by molar-refractivity contribution is 6.31. The number of aryl methyl sites for hydroxylation is 1. The fourth-order valence-corrected chi connectivity index (χ4v) is 2.86. The summed E-state index contributed by atoms with van der Waals surface area (Å²) in [5.74, 6) is -0.208. The van der Waals surface area contributed by atoms with Crippen LogP contribution < -0.4 is 15.6 Å². The van der Waals surface area contributed by atoms with E-state index in [0.29, 0.717) is 27.4 Å². The quantitative estimate of drug-likeness (QED) is 0.575. The highest BCUT2D eigenvalue weighted by Gasteiger charge is 2.16. The van der Waals surface area contributed by atoms with Crippen LogP contribution in [-0.4, -0.2) is 29.3 Å². The number of aromatic amines is 1. The summed E-state index contributed by atoms with van der Waals surface area (Å²) in [4.78, 5) is 25.8. The van der Waals surface area contributed by atoms with Crippen molar-refractivity contribution in [3.8, 4) is 17.0 Å². The number of hydrogen-bond acceptors (Lipinski definition) is 3. The molecule has 1 heterocycles. The Labute approximate surface area is 158 Å². The predicted octanol–water partition coefficient (Wildman–Crippen LogP) is 3.94. The van der Waals surface area contributed by atoms with Crippen LogP contribution >= 0.6 is 11.6 Å². The van der Waals surface area contributed by atoms with Crippen LogP contribution in [0.15, 0.2) is 41.2 Å². The molecule has 140 valence electrons. The van der Waals surface area contributed by atoms with Gasteiger partial charge in [0.05, 0.1) is 17.6 Å². The molecule has 0 fully saturated rings. The first-order chi connectivity index (χ1) is 12.9. The maximum Gasteiger partial charge on any atom is 0.404 e. The van der Waals surface area contributed by atoms with Crippen molar-refractivity contribution in [2.75, 3.05) is 13.2 Å². The number of amides is 1. The van der Waals surface area contributed by atoms with Crippen molar-refractivity contribution in [1.82, 2.24) is 10.3 Å². The highest BCUT2D eigenvalue weighted by Crippen LogP contribution is 2.35. The SMILES string of the molecule is Cc1cc(-c2[nH]c(=O)c3cc(F)ccc3c2OCCNC(=O)O)ccc1Cl. The van der Waals surface area contributed by atoms with E-state index >= 15 is 0 Å². The van der Waals surface area contributed by atoms with Crippen molar-refractivity contribution in [2.45, 2.75) is 6.92 Å². The van der Waals surface area contributed by atoms with Gasteiger partial charge in [0.15, 0.2) is 5.75 Å². The molecule has 1 amide bonds. The van der Waals surface area contributed by atoms with Gasteiger partial charge in [-0.1, -0.05) is 17.7 Å². The smallest absolute Gasteiger partial charge is 0.404 e. The normalized spacial score (nSPS) is 10.8. The molecule has 3 aromatic rings. The second-order valence-electron chi connectivity index (χ2n) is 5.89. The molecule has 8 heteroatoms. The second kappa shape index (κ2) is 7.67. The standard InChI is InChI=1S/C19H16ClFN2O4/c1-10-8-11(2-5-15(10)20)16-17(27-7-6-22-19(25)26)13-4-3-12(21)9-14(13)18(24)23-16/h2-5,8-9,22H,6-7H2,1H3,(H,23,24)(H,25,26). The van der Waals surface area contributed by atoms with Crippen molar-refractivity contribution >= 4 is 28.5 Å². The summed E-state index contributed by atoms with van der Waals surface area (Å²) in [6.45, 7) is 1.91. The average molecular weight is 391 g/mol. The molecule has 3 rings (SSSR count). The lowest BCUT2D eigenvalue weighted by Crippen LogP contribution is -2.26. The van der Waals surface area contributed by atoms with Gasteiger partial charge in [-0.25, -0.2) is 9.18 Å². The van der Waals surface area contributed by atoms with Crippen LogP contribution in [0.1, 0.15) is 5.56 Å². The van der Waals surface area contributed by atoms with E-state index in [1.54, 1.807) is 18.2 Å². The van der Waals surface area contributed by atoms with Gasteiger partial charge < -0.3 is 20.1 Å². The topological polar surface area (TPSA) is 91.4 Å². The summed E-state index contributed by atoms with van der Waals surface area (Å²) >= 11 is 6.07. The Balaban J connectivity index is 2.14. The van der Waals surface area contributed by atoms with Crippen molar-refractivity contribution in [3.63, 3.8) is 0 Å². The van der Waals surface area contributed by atoms with E-state index < -0.39 is 17.5 Å². The van der Waals surface area contributed by atoms with Crippen LogP contribution in [0.5, 0.6) is 5.75 Å². The van der Waals surface area contributed by atoms with Crippen molar-refractivity contribution in [2.24, 2.45) is 0 Å². The zero-order chi connectivity index (χ0) is 19.6. The second-order valence-corrected chi connectivity index (χ2v) is 6.30. The summed E-state index contributed by atoms with van der Waals surface area (Å²) in [5.41, 5.74) is 1.44. The van der Waals surface area contributed by atoms with Crippen molar-refractivity contribution in [3.05, 3.63) is 63.2 Å². The van der Waals surface area contributed by atoms with Crippen LogP contribution in [0.4, 0.5) is 9.18 Å². The number of carbonyl (C=O) groups is 1. The van der Waals surface area contributed by atoms with E-state index in [1.807, 2.05) is 6.92 Å². The van der Waals surface area contributed by atoms with E-state index in [4.69, 9.17) is 21.4 Å². The van der Waals surface area contributed by atoms with Gasteiger partial charge in [0.25, 0.3) is 5.56 Å². The summed E-state index contributed by atoms with van der Waals surface area (Å²) in [6, 6.07) is 9.07. The van der Waals surface area contributed by atoms with Gasteiger partial charge in [0.1, 0.15) is 12.4 Å². The summed E-state index contributed by atoms with van der Waals surface area (Å²) in [6.07, 6.45) is -1.17. The largest absolute Gasteiger partial charge is 0.489 e. The van der Waals surface area contributed by atoms with Crippen LogP contribution in [0.2, 0.25) is 5.02 Å². The Bertz CT molecular complexity index is 1080. The third kappa shape index (κ3) is 4.03. The van der Waals surface area contributed by atoms with Gasteiger partial charge in [0, 0.05) is 16.0 Å². The van der Waals surface area contributed by atoms with E-state index in [1.165, 1.54) is 12.1 Å². The molecule has 0 aliphatic carbocycles. The number of fused-ring (bicyclic) bond motifs is 1. The van der Waals surface area contributed by atoms with Gasteiger partial charge >= 0.3 is 6.09 Å². The van der Waals surface area contributed by atoms with Crippen LogP contribution in [0, 0.1) is 12.7 Å². The number of carboxylic acid groups (broad SMARTS) is 1. The zero-order valence-corrected chi connectivity index (χ0v) is 15.1.